The zero-order chi connectivity index (χ0) is 20.5. The monoisotopic (exact) mass is 404 g/mol. The summed E-state index contributed by atoms with van der Waals surface area (Å²) < 4.78 is 20.2. The Balaban J connectivity index is 1.63. The number of carbonyl (C=O) groups excluding carboxylic acids is 1. The van der Waals surface area contributed by atoms with Gasteiger partial charge in [0.25, 0.3) is 0 Å². The van der Waals surface area contributed by atoms with Gasteiger partial charge < -0.3 is 9.64 Å². The quantitative estimate of drug-likeness (QED) is 0.543. The van der Waals surface area contributed by atoms with Crippen LogP contribution in [0.5, 0.6) is 0 Å². The van der Waals surface area contributed by atoms with Crippen LogP contribution in [0.25, 0.3) is 10.9 Å². The fraction of sp³-hybridized carbons (Fsp3) is 0.360. The molecule has 0 spiro atoms. The third kappa shape index (κ3) is 3.82. The van der Waals surface area contributed by atoms with Crippen molar-refractivity contribution in [2.75, 3.05) is 13.2 Å². The third-order valence-corrected chi connectivity index (χ3v) is 6.14. The Bertz CT molecular complexity index is 1040. The number of likely N-dealkylation sites (tertiary alicyclic amines) is 1. The highest BCUT2D eigenvalue weighted by atomic mass is 19.1. The van der Waals surface area contributed by atoms with Crippen molar-refractivity contribution in [2.45, 2.75) is 37.8 Å². The van der Waals surface area contributed by atoms with Crippen LogP contribution in [-0.2, 0) is 9.53 Å². The van der Waals surface area contributed by atoms with Crippen molar-refractivity contribution in [2.24, 2.45) is 5.92 Å². The summed E-state index contributed by atoms with van der Waals surface area (Å²) in [5, 5.41) is 1.03. The Morgan fingerprint density at radius 2 is 1.90 bits per heavy atom. The van der Waals surface area contributed by atoms with E-state index in [1.165, 1.54) is 25.0 Å². The molecule has 2 atom stereocenters. The number of para-hydroxylation sites is 1. The van der Waals surface area contributed by atoms with Gasteiger partial charge in [-0.3, -0.25) is 9.78 Å². The van der Waals surface area contributed by atoms with E-state index in [0.29, 0.717) is 25.5 Å². The molecule has 4 nitrogen and oxygen atoms in total. The average Bonchev–Trinajstić information content (AvgIpc) is 3.51. The van der Waals surface area contributed by atoms with Crippen LogP contribution in [-0.4, -0.2) is 28.9 Å². The van der Waals surface area contributed by atoms with E-state index in [1.54, 1.807) is 18.3 Å². The lowest BCUT2D eigenvalue weighted by molar-refractivity contribution is -0.133. The molecule has 154 valence electrons. The molecule has 1 aliphatic carbocycles. The summed E-state index contributed by atoms with van der Waals surface area (Å²) in [7, 11) is 0. The number of halogens is 1. The molecule has 2 fully saturated rings. The van der Waals surface area contributed by atoms with E-state index in [2.05, 4.69) is 11.1 Å². The summed E-state index contributed by atoms with van der Waals surface area (Å²) in [4.78, 5) is 19.2. The van der Waals surface area contributed by atoms with Crippen molar-refractivity contribution in [3.05, 3.63) is 77.7 Å². The van der Waals surface area contributed by atoms with Crippen LogP contribution in [0.3, 0.4) is 0 Å². The van der Waals surface area contributed by atoms with Crippen molar-refractivity contribution in [3.63, 3.8) is 0 Å². The molecule has 1 saturated carbocycles. The maximum atomic E-state index is 13.7. The SMILES string of the molecule is O=C1CCCN1[C@@H](c1ccc(F)cc1)[C@@H](OCC1CC1)c1ccnc2ccccc12. The number of hydrogen-bond acceptors (Lipinski definition) is 3. The highest BCUT2D eigenvalue weighted by molar-refractivity contribution is 5.83. The van der Waals surface area contributed by atoms with Gasteiger partial charge in [-0.05, 0) is 60.6 Å². The topological polar surface area (TPSA) is 42.4 Å². The van der Waals surface area contributed by atoms with E-state index in [-0.39, 0.29) is 23.9 Å². The second-order valence-corrected chi connectivity index (χ2v) is 8.30. The number of aromatic nitrogens is 1. The molecule has 2 heterocycles. The first-order valence-electron chi connectivity index (χ1n) is 10.7. The van der Waals surface area contributed by atoms with Crippen molar-refractivity contribution in [1.82, 2.24) is 9.88 Å². The van der Waals surface area contributed by atoms with E-state index >= 15 is 0 Å². The summed E-state index contributed by atoms with van der Waals surface area (Å²) in [6, 6.07) is 16.2. The maximum Gasteiger partial charge on any atom is 0.223 e. The number of nitrogens with zero attached hydrogens (tertiary/aromatic N) is 2. The standard InChI is InChI=1S/C25H25FN2O2/c26-19-11-9-18(10-12-19)24(28-15-3-6-23(28)29)25(30-16-17-7-8-17)21-13-14-27-22-5-2-1-4-20(21)22/h1-2,4-5,9-14,17,24-25H,3,6-8,15-16H2/t24-,25-/m0/s1. The van der Waals surface area contributed by atoms with Crippen molar-refractivity contribution < 1.29 is 13.9 Å². The minimum absolute atomic E-state index is 0.128. The molecule has 5 heteroatoms. The lowest BCUT2D eigenvalue weighted by atomic mass is 9.92. The van der Waals surface area contributed by atoms with Gasteiger partial charge in [0.05, 0.1) is 18.2 Å². The van der Waals surface area contributed by atoms with Gasteiger partial charge in [-0.1, -0.05) is 30.3 Å². The van der Waals surface area contributed by atoms with E-state index in [9.17, 15) is 9.18 Å². The van der Waals surface area contributed by atoms with Crippen LogP contribution >= 0.6 is 0 Å². The van der Waals surface area contributed by atoms with E-state index in [0.717, 1.165) is 28.5 Å². The Hall–Kier alpha value is -2.79. The number of rotatable bonds is 7. The Morgan fingerprint density at radius 1 is 1.10 bits per heavy atom. The highest BCUT2D eigenvalue weighted by Gasteiger charge is 2.38. The van der Waals surface area contributed by atoms with Crippen LogP contribution < -0.4 is 0 Å². The summed E-state index contributed by atoms with van der Waals surface area (Å²) >= 11 is 0. The molecular weight excluding hydrogens is 379 g/mol. The minimum atomic E-state index is -0.342. The zero-order valence-electron chi connectivity index (χ0n) is 16.8. The molecule has 0 N–H and O–H groups in total. The molecule has 1 amide bonds. The molecule has 1 aliphatic heterocycles. The number of amides is 1. The van der Waals surface area contributed by atoms with Crippen molar-refractivity contribution >= 4 is 16.8 Å². The summed E-state index contributed by atoms with van der Waals surface area (Å²) in [6.07, 6.45) is 5.22. The Labute approximate surface area is 175 Å². The smallest absolute Gasteiger partial charge is 0.223 e. The lowest BCUT2D eigenvalue weighted by Gasteiger charge is -2.35. The molecule has 3 aromatic rings. The Kier molecular flexibility index (Phi) is 5.21. The molecule has 0 unspecified atom stereocenters. The van der Waals surface area contributed by atoms with Gasteiger partial charge in [-0.15, -0.1) is 0 Å². The van der Waals surface area contributed by atoms with Crippen LogP contribution in [0.15, 0.2) is 60.8 Å². The van der Waals surface area contributed by atoms with Gasteiger partial charge in [-0.25, -0.2) is 4.39 Å². The van der Waals surface area contributed by atoms with E-state index in [1.807, 2.05) is 29.2 Å². The Morgan fingerprint density at radius 3 is 2.63 bits per heavy atom. The first-order valence-corrected chi connectivity index (χ1v) is 10.7. The van der Waals surface area contributed by atoms with E-state index in [4.69, 9.17) is 4.74 Å². The van der Waals surface area contributed by atoms with Gasteiger partial charge in [0.15, 0.2) is 0 Å². The van der Waals surface area contributed by atoms with Crippen LogP contribution in [0, 0.1) is 11.7 Å². The molecule has 1 saturated heterocycles. The molecular formula is C25H25FN2O2. The maximum absolute atomic E-state index is 13.7. The lowest BCUT2D eigenvalue weighted by Crippen LogP contribution is -2.35. The van der Waals surface area contributed by atoms with Crippen LogP contribution in [0.1, 0.15) is 49.0 Å². The predicted octanol–water partition coefficient (Wildman–Crippen LogP) is 5.21. The molecule has 0 radical (unpaired) electrons. The second kappa shape index (κ2) is 8.15. The number of carbonyl (C=O) groups is 1. The van der Waals surface area contributed by atoms with Gasteiger partial charge in [0.1, 0.15) is 11.9 Å². The number of ether oxygens (including phenoxy) is 1. The molecule has 2 aromatic carbocycles. The molecule has 0 bridgehead atoms. The van der Waals surface area contributed by atoms with Crippen LogP contribution in [0.4, 0.5) is 4.39 Å². The number of pyridine rings is 1. The summed E-state index contributed by atoms with van der Waals surface area (Å²) in [6.45, 7) is 1.36. The molecule has 30 heavy (non-hydrogen) atoms. The van der Waals surface area contributed by atoms with Gasteiger partial charge in [-0.2, -0.15) is 0 Å². The second-order valence-electron chi connectivity index (χ2n) is 8.30. The average molecular weight is 404 g/mol. The number of benzene rings is 2. The fourth-order valence-corrected chi connectivity index (χ4v) is 4.38. The van der Waals surface area contributed by atoms with Crippen molar-refractivity contribution in [1.29, 1.82) is 0 Å². The summed E-state index contributed by atoms with van der Waals surface area (Å²) in [5.74, 6) is 0.432. The van der Waals surface area contributed by atoms with Gasteiger partial charge >= 0.3 is 0 Å². The normalized spacial score (nSPS) is 18.7. The van der Waals surface area contributed by atoms with Gasteiger partial charge in [0, 0.05) is 24.5 Å². The first-order chi connectivity index (χ1) is 14.7. The van der Waals surface area contributed by atoms with Crippen molar-refractivity contribution in [3.8, 4) is 0 Å². The first kappa shape index (κ1) is 19.2. The largest absolute Gasteiger partial charge is 0.371 e. The fourth-order valence-electron chi connectivity index (χ4n) is 4.38. The molecule has 1 aromatic heterocycles. The van der Waals surface area contributed by atoms with Gasteiger partial charge in [0.2, 0.25) is 5.91 Å². The predicted molar refractivity (Wildman–Crippen MR) is 113 cm³/mol. The molecule has 5 rings (SSSR count). The summed E-state index contributed by atoms with van der Waals surface area (Å²) in [5.41, 5.74) is 2.82. The van der Waals surface area contributed by atoms with Crippen LogP contribution in [0.2, 0.25) is 0 Å². The van der Waals surface area contributed by atoms with E-state index < -0.39 is 0 Å². The number of hydrogen-bond donors (Lipinski definition) is 0. The third-order valence-electron chi connectivity index (χ3n) is 6.14. The molecule has 2 aliphatic rings. The minimum Gasteiger partial charge on any atom is -0.371 e. The zero-order valence-corrected chi connectivity index (χ0v) is 16.8. The highest BCUT2D eigenvalue weighted by Crippen LogP contribution is 2.42. The number of fused-ring (bicyclic) bond motifs is 1.